The molecule has 18 heavy (non-hydrogen) atoms. The zero-order valence-corrected chi connectivity index (χ0v) is 12.6. The lowest BCUT2D eigenvalue weighted by Crippen LogP contribution is -2.02. The molecule has 1 aromatic rings. The molecule has 0 amide bonds. The predicted molar refractivity (Wildman–Crippen MR) is 79.4 cm³/mol. The molecule has 0 radical (unpaired) electrons. The Hall–Kier alpha value is -0.360. The van der Waals surface area contributed by atoms with Crippen molar-refractivity contribution in [1.29, 1.82) is 0 Å². The summed E-state index contributed by atoms with van der Waals surface area (Å²) in [5.41, 5.74) is 2.71. The first kappa shape index (κ1) is 14.1. The third-order valence-corrected chi connectivity index (χ3v) is 5.00. The van der Waals surface area contributed by atoms with E-state index in [4.69, 9.17) is 0 Å². The van der Waals surface area contributed by atoms with Crippen LogP contribution in [0.3, 0.4) is 0 Å². The van der Waals surface area contributed by atoms with Crippen LogP contribution in [0.1, 0.15) is 87.9 Å². The van der Waals surface area contributed by atoms with Crippen molar-refractivity contribution in [3.05, 3.63) is 11.4 Å². The van der Waals surface area contributed by atoms with E-state index < -0.39 is 0 Å². The molecule has 0 aromatic carbocycles. The number of aromatic amines is 1. The summed E-state index contributed by atoms with van der Waals surface area (Å²) in [5.74, 6) is 0.729. The Kier molecular flexibility index (Phi) is 6.20. The van der Waals surface area contributed by atoms with Crippen LogP contribution in [0, 0.1) is 6.92 Å². The van der Waals surface area contributed by atoms with Crippen molar-refractivity contribution in [2.75, 3.05) is 0 Å². The summed E-state index contributed by atoms with van der Waals surface area (Å²) in [6.07, 6.45) is 15.6. The van der Waals surface area contributed by atoms with Crippen LogP contribution in [0.15, 0.2) is 0 Å². The van der Waals surface area contributed by atoms with Gasteiger partial charge in [-0.3, -0.25) is 0 Å². The van der Waals surface area contributed by atoms with E-state index in [1.165, 1.54) is 82.0 Å². The van der Waals surface area contributed by atoms with Crippen LogP contribution in [0.2, 0.25) is 0 Å². The molecule has 0 saturated heterocycles. The SMILES string of the molecule is Cc1[nH]pnc1C1CCCCCCCCCCC1. The average molecular weight is 266 g/mol. The van der Waals surface area contributed by atoms with Crippen molar-refractivity contribution in [3.8, 4) is 0 Å². The second kappa shape index (κ2) is 7.94. The van der Waals surface area contributed by atoms with Crippen LogP contribution in [0.4, 0.5) is 0 Å². The fourth-order valence-corrected chi connectivity index (χ4v) is 3.85. The minimum absolute atomic E-state index is 0.729. The molecule has 2 nitrogen and oxygen atoms in total. The molecular weight excluding hydrogens is 239 g/mol. The third kappa shape index (κ3) is 4.39. The molecule has 0 aliphatic heterocycles. The third-order valence-electron chi connectivity index (χ3n) is 4.25. The van der Waals surface area contributed by atoms with Gasteiger partial charge >= 0.3 is 0 Å². The monoisotopic (exact) mass is 266 g/mol. The topological polar surface area (TPSA) is 28.7 Å². The Morgan fingerprint density at radius 2 is 1.39 bits per heavy atom. The smallest absolute Gasteiger partial charge is 0.129 e. The standard InChI is InChI=1S/C15H27N2P/c1-13-15(17-18-16-13)14-11-9-7-5-3-2-4-6-8-10-12-14/h14H,2-12H2,1H3,(H,16,17). The maximum Gasteiger partial charge on any atom is 0.129 e. The zero-order chi connectivity index (χ0) is 12.6. The average Bonchev–Trinajstić information content (AvgIpc) is 2.76. The molecule has 1 N–H and O–H groups in total. The van der Waals surface area contributed by atoms with Crippen molar-refractivity contribution in [2.45, 2.75) is 83.5 Å². The second-order valence-corrected chi connectivity index (χ2v) is 6.40. The van der Waals surface area contributed by atoms with E-state index >= 15 is 0 Å². The first-order valence-electron chi connectivity index (χ1n) is 7.75. The first-order valence-corrected chi connectivity index (χ1v) is 8.60. The molecule has 1 saturated carbocycles. The Balaban J connectivity index is 1.91. The van der Waals surface area contributed by atoms with Gasteiger partial charge in [0.05, 0.1) is 5.69 Å². The molecular formula is C15H27N2P. The number of rotatable bonds is 1. The maximum absolute atomic E-state index is 4.65. The fourth-order valence-electron chi connectivity index (χ4n) is 3.11. The largest absolute Gasteiger partial charge is 0.325 e. The molecule has 1 aliphatic carbocycles. The number of H-pyrrole nitrogens is 1. The highest BCUT2D eigenvalue weighted by Crippen LogP contribution is 2.30. The Morgan fingerprint density at radius 3 is 1.83 bits per heavy atom. The summed E-state index contributed by atoms with van der Waals surface area (Å²) in [4.78, 5) is 0. The molecule has 1 heterocycles. The van der Waals surface area contributed by atoms with E-state index in [-0.39, 0.29) is 0 Å². The van der Waals surface area contributed by atoms with Gasteiger partial charge in [0.15, 0.2) is 0 Å². The molecule has 2 rings (SSSR count). The van der Waals surface area contributed by atoms with Crippen molar-refractivity contribution in [2.24, 2.45) is 0 Å². The number of aromatic nitrogens is 2. The fraction of sp³-hybridized carbons (Fsp3) is 0.867. The van der Waals surface area contributed by atoms with Crippen LogP contribution in [0.5, 0.6) is 0 Å². The Morgan fingerprint density at radius 1 is 0.889 bits per heavy atom. The van der Waals surface area contributed by atoms with Crippen LogP contribution in [-0.2, 0) is 0 Å². The quantitative estimate of drug-likeness (QED) is 0.695. The summed E-state index contributed by atoms with van der Waals surface area (Å²) in [6.45, 7) is 2.19. The van der Waals surface area contributed by atoms with Gasteiger partial charge in [0.25, 0.3) is 0 Å². The van der Waals surface area contributed by atoms with Crippen LogP contribution < -0.4 is 0 Å². The lowest BCUT2D eigenvalue weighted by atomic mass is 9.90. The lowest BCUT2D eigenvalue weighted by molar-refractivity contribution is 0.462. The highest BCUT2D eigenvalue weighted by molar-refractivity contribution is 7.20. The van der Waals surface area contributed by atoms with Crippen molar-refractivity contribution < 1.29 is 0 Å². The molecule has 102 valence electrons. The molecule has 1 aromatic heterocycles. The first-order chi connectivity index (χ1) is 8.88. The van der Waals surface area contributed by atoms with Gasteiger partial charge in [-0.1, -0.05) is 57.8 Å². The lowest BCUT2D eigenvalue weighted by Gasteiger charge is -2.16. The van der Waals surface area contributed by atoms with Crippen molar-refractivity contribution in [1.82, 2.24) is 9.49 Å². The maximum atomic E-state index is 4.65. The summed E-state index contributed by atoms with van der Waals surface area (Å²) < 4.78 is 7.99. The zero-order valence-electron chi connectivity index (χ0n) is 11.7. The molecule has 1 aliphatic rings. The number of hydrogen-bond acceptors (Lipinski definition) is 1. The van der Waals surface area contributed by atoms with Crippen molar-refractivity contribution in [3.63, 3.8) is 0 Å². The summed E-state index contributed by atoms with van der Waals surface area (Å²) in [6, 6.07) is 0. The van der Waals surface area contributed by atoms with Gasteiger partial charge in [-0.25, -0.2) is 4.75 Å². The van der Waals surface area contributed by atoms with E-state index in [1.807, 2.05) is 0 Å². The van der Waals surface area contributed by atoms with E-state index in [2.05, 4.69) is 16.4 Å². The molecule has 3 heteroatoms. The van der Waals surface area contributed by atoms with Gasteiger partial charge < -0.3 is 4.75 Å². The Bertz CT molecular complexity index is 323. The molecule has 0 spiro atoms. The van der Waals surface area contributed by atoms with Crippen LogP contribution in [0.25, 0.3) is 0 Å². The van der Waals surface area contributed by atoms with Gasteiger partial charge in [-0.15, -0.1) is 0 Å². The number of aryl methyl sites for hydroxylation is 1. The van der Waals surface area contributed by atoms with Crippen LogP contribution in [-0.4, -0.2) is 9.49 Å². The Labute approximate surface area is 113 Å². The molecule has 0 unspecified atom stereocenters. The van der Waals surface area contributed by atoms with Gasteiger partial charge in [-0.2, -0.15) is 0 Å². The highest BCUT2D eigenvalue weighted by Gasteiger charge is 2.16. The van der Waals surface area contributed by atoms with Crippen molar-refractivity contribution >= 4 is 8.51 Å². The predicted octanol–water partition coefficient (Wildman–Crippen LogP) is 5.69. The number of nitrogens with zero attached hydrogens (tertiary/aromatic N) is 1. The van der Waals surface area contributed by atoms with Gasteiger partial charge in [-0.05, 0) is 19.8 Å². The van der Waals surface area contributed by atoms with Gasteiger partial charge in [0, 0.05) is 11.6 Å². The number of nitrogens with one attached hydrogen (secondary N) is 1. The highest BCUT2D eigenvalue weighted by atomic mass is 31.1. The van der Waals surface area contributed by atoms with E-state index in [9.17, 15) is 0 Å². The van der Waals surface area contributed by atoms with E-state index in [0.29, 0.717) is 0 Å². The minimum atomic E-state index is 0.729. The summed E-state index contributed by atoms with van der Waals surface area (Å²) in [7, 11) is 1.05. The van der Waals surface area contributed by atoms with Crippen LogP contribution >= 0.6 is 8.51 Å². The second-order valence-electron chi connectivity index (χ2n) is 5.78. The normalized spacial score (nSPS) is 21.6. The molecule has 1 fully saturated rings. The minimum Gasteiger partial charge on any atom is -0.325 e. The number of hydrogen-bond donors (Lipinski definition) is 1. The molecule has 0 bridgehead atoms. The van der Waals surface area contributed by atoms with E-state index in [0.717, 1.165) is 14.4 Å². The van der Waals surface area contributed by atoms with Gasteiger partial charge in [0.1, 0.15) is 8.51 Å². The summed E-state index contributed by atoms with van der Waals surface area (Å²) in [5, 5.41) is 0. The van der Waals surface area contributed by atoms with Gasteiger partial charge in [0.2, 0.25) is 0 Å². The molecule has 0 atom stereocenters. The van der Waals surface area contributed by atoms with E-state index in [1.54, 1.807) is 0 Å². The summed E-state index contributed by atoms with van der Waals surface area (Å²) >= 11 is 0.